The lowest BCUT2D eigenvalue weighted by atomic mass is 10.3. The maximum atomic E-state index is 10.9. The molecule has 0 aliphatic heterocycles. The number of benzene rings is 1. The van der Waals surface area contributed by atoms with Crippen LogP contribution in [-0.4, -0.2) is 36.0 Å². The number of rotatable bonds is 2. The van der Waals surface area contributed by atoms with E-state index in [2.05, 4.69) is 15.2 Å². The van der Waals surface area contributed by atoms with Gasteiger partial charge in [-0.2, -0.15) is 4.73 Å². The minimum absolute atomic E-state index is 0. The SMILES string of the molecule is O.Oc1cc(O)cc(O)c1.[O-][n+]1ccc(-c2nnc(-c3ccncc3)o2)cc1. The summed E-state index contributed by atoms with van der Waals surface area (Å²) in [6.07, 6.45) is 6.07. The molecule has 144 valence electrons. The van der Waals surface area contributed by atoms with Gasteiger partial charge in [-0.25, -0.2) is 0 Å². The number of phenols is 3. The van der Waals surface area contributed by atoms with Crippen molar-refractivity contribution in [3.05, 3.63) is 72.5 Å². The maximum absolute atomic E-state index is 10.9. The molecule has 0 atom stereocenters. The molecule has 1 aromatic carbocycles. The van der Waals surface area contributed by atoms with E-state index in [9.17, 15) is 5.21 Å². The number of phenolic OH excluding ortho intramolecular Hbond substituents is 3. The van der Waals surface area contributed by atoms with E-state index < -0.39 is 0 Å². The highest BCUT2D eigenvalue weighted by molar-refractivity contribution is 5.56. The Morgan fingerprint density at radius 1 is 0.750 bits per heavy atom. The Kier molecular flexibility index (Phi) is 6.44. The normalized spacial score (nSPS) is 9.71. The van der Waals surface area contributed by atoms with Crippen molar-refractivity contribution in [3.63, 3.8) is 0 Å². The van der Waals surface area contributed by atoms with Crippen molar-refractivity contribution >= 4 is 0 Å². The molecule has 0 aliphatic carbocycles. The van der Waals surface area contributed by atoms with Crippen molar-refractivity contribution in [2.45, 2.75) is 0 Å². The summed E-state index contributed by atoms with van der Waals surface area (Å²) in [7, 11) is 0. The van der Waals surface area contributed by atoms with Gasteiger partial charge in [-0.15, -0.1) is 10.2 Å². The molecule has 28 heavy (non-hydrogen) atoms. The number of pyridine rings is 2. The molecule has 0 unspecified atom stereocenters. The highest BCUT2D eigenvalue weighted by atomic mass is 16.5. The van der Waals surface area contributed by atoms with Crippen LogP contribution in [0.1, 0.15) is 0 Å². The smallest absolute Gasteiger partial charge is 0.248 e. The highest BCUT2D eigenvalue weighted by Gasteiger charge is 2.10. The fourth-order valence-electron chi connectivity index (χ4n) is 2.09. The van der Waals surface area contributed by atoms with Gasteiger partial charge in [0.15, 0.2) is 12.4 Å². The maximum Gasteiger partial charge on any atom is 0.248 e. The van der Waals surface area contributed by atoms with Crippen LogP contribution in [0.5, 0.6) is 17.2 Å². The first-order chi connectivity index (χ1) is 13.0. The minimum Gasteiger partial charge on any atom is -0.619 e. The molecule has 3 heterocycles. The molecule has 0 spiro atoms. The van der Waals surface area contributed by atoms with E-state index in [4.69, 9.17) is 19.7 Å². The van der Waals surface area contributed by atoms with Crippen LogP contribution in [0.25, 0.3) is 22.9 Å². The third-order valence-electron chi connectivity index (χ3n) is 3.29. The lowest BCUT2D eigenvalue weighted by Crippen LogP contribution is -2.23. The summed E-state index contributed by atoms with van der Waals surface area (Å²) >= 11 is 0. The standard InChI is InChI=1S/C12H8N4O2.C6H6O3.H2O/c17-16-7-3-10(4-8-16)12-15-14-11(18-12)9-1-5-13-6-2-9;7-4-1-5(8)3-6(9)2-4;/h1-8H;1-3,7-9H;1H2. The fourth-order valence-corrected chi connectivity index (χ4v) is 2.09. The molecule has 4 rings (SSSR count). The van der Waals surface area contributed by atoms with Gasteiger partial charge in [0.1, 0.15) is 17.2 Å². The van der Waals surface area contributed by atoms with Gasteiger partial charge in [0.05, 0.1) is 5.56 Å². The lowest BCUT2D eigenvalue weighted by Gasteiger charge is -1.95. The summed E-state index contributed by atoms with van der Waals surface area (Å²) in [5.74, 6) is 0.362. The molecule has 0 radical (unpaired) electrons. The number of aromatic nitrogens is 4. The van der Waals surface area contributed by atoms with Crippen molar-refractivity contribution in [2.24, 2.45) is 0 Å². The summed E-state index contributed by atoms with van der Waals surface area (Å²) < 4.78 is 6.23. The van der Waals surface area contributed by atoms with Crippen LogP contribution in [0.3, 0.4) is 0 Å². The first kappa shape index (κ1) is 20.1. The van der Waals surface area contributed by atoms with Crippen LogP contribution in [-0.2, 0) is 0 Å². The van der Waals surface area contributed by atoms with Gasteiger partial charge in [0, 0.05) is 48.3 Å². The van der Waals surface area contributed by atoms with Crippen LogP contribution in [0, 0.1) is 5.21 Å². The van der Waals surface area contributed by atoms with Gasteiger partial charge in [-0.1, -0.05) is 0 Å². The molecule has 4 aromatic rings. The molecule has 10 heteroatoms. The molecule has 0 saturated heterocycles. The molecule has 0 aliphatic rings. The Morgan fingerprint density at radius 2 is 1.18 bits per heavy atom. The molecule has 5 N–H and O–H groups in total. The number of hydrogen-bond donors (Lipinski definition) is 3. The lowest BCUT2D eigenvalue weighted by molar-refractivity contribution is -0.605. The summed E-state index contributed by atoms with van der Waals surface area (Å²) in [6.45, 7) is 0. The number of aromatic hydroxyl groups is 3. The summed E-state index contributed by atoms with van der Waals surface area (Å²) in [5.41, 5.74) is 1.51. The second kappa shape index (κ2) is 8.96. The average molecular weight is 384 g/mol. The Morgan fingerprint density at radius 3 is 1.64 bits per heavy atom. The van der Waals surface area contributed by atoms with Crippen molar-refractivity contribution in [3.8, 4) is 40.2 Å². The quantitative estimate of drug-likeness (QED) is 0.344. The predicted octanol–water partition coefficient (Wildman–Crippen LogP) is 1.41. The first-order valence-electron chi connectivity index (χ1n) is 7.66. The van der Waals surface area contributed by atoms with E-state index in [1.54, 1.807) is 36.7 Å². The minimum atomic E-state index is -0.146. The summed E-state index contributed by atoms with van der Waals surface area (Å²) in [5, 5.41) is 44.8. The summed E-state index contributed by atoms with van der Waals surface area (Å²) in [4.78, 5) is 3.92. The van der Waals surface area contributed by atoms with Crippen LogP contribution in [0.15, 0.2) is 71.7 Å². The van der Waals surface area contributed by atoms with Gasteiger partial charge in [0.2, 0.25) is 11.8 Å². The zero-order valence-electron chi connectivity index (χ0n) is 14.3. The number of nitrogens with zero attached hydrogens (tertiary/aromatic N) is 4. The van der Waals surface area contributed by atoms with Crippen LogP contribution in [0.2, 0.25) is 0 Å². The molecule has 0 bridgehead atoms. The van der Waals surface area contributed by atoms with Crippen LogP contribution >= 0.6 is 0 Å². The van der Waals surface area contributed by atoms with Gasteiger partial charge < -0.3 is 30.4 Å². The molecule has 0 fully saturated rings. The van der Waals surface area contributed by atoms with Gasteiger partial charge in [-0.3, -0.25) is 4.98 Å². The highest BCUT2D eigenvalue weighted by Crippen LogP contribution is 2.24. The van der Waals surface area contributed by atoms with E-state index in [-0.39, 0.29) is 22.7 Å². The van der Waals surface area contributed by atoms with Crippen LogP contribution < -0.4 is 4.73 Å². The Labute approximate surface area is 158 Å². The van der Waals surface area contributed by atoms with E-state index in [0.717, 1.165) is 23.8 Å². The Hall–Kier alpha value is -4.18. The fraction of sp³-hybridized carbons (Fsp3) is 0. The Balaban J connectivity index is 0.000000239. The average Bonchev–Trinajstić information content (AvgIpc) is 3.12. The Bertz CT molecular complexity index is 971. The second-order valence-electron chi connectivity index (χ2n) is 5.30. The van der Waals surface area contributed by atoms with Crippen LogP contribution in [0.4, 0.5) is 0 Å². The van der Waals surface area contributed by atoms with Crippen molar-refractivity contribution in [2.75, 3.05) is 0 Å². The first-order valence-corrected chi connectivity index (χ1v) is 7.66. The molecule has 0 saturated carbocycles. The van der Waals surface area contributed by atoms with E-state index in [1.165, 1.54) is 12.4 Å². The van der Waals surface area contributed by atoms with E-state index in [0.29, 0.717) is 22.1 Å². The van der Waals surface area contributed by atoms with Gasteiger partial charge >= 0.3 is 0 Å². The molecule has 3 aromatic heterocycles. The zero-order valence-corrected chi connectivity index (χ0v) is 14.3. The topological polar surface area (TPSA) is 171 Å². The number of hydrogen-bond acceptors (Lipinski definition) is 8. The van der Waals surface area contributed by atoms with E-state index >= 15 is 0 Å². The van der Waals surface area contributed by atoms with E-state index in [1.807, 2.05) is 0 Å². The van der Waals surface area contributed by atoms with Gasteiger partial charge in [-0.05, 0) is 12.1 Å². The molecule has 0 amide bonds. The largest absolute Gasteiger partial charge is 0.619 e. The molecular weight excluding hydrogens is 368 g/mol. The predicted molar refractivity (Wildman–Crippen MR) is 97.0 cm³/mol. The zero-order chi connectivity index (χ0) is 19.2. The molecule has 10 nitrogen and oxygen atoms in total. The van der Waals surface area contributed by atoms with Crippen molar-refractivity contribution in [1.29, 1.82) is 0 Å². The third kappa shape index (κ3) is 5.16. The van der Waals surface area contributed by atoms with Gasteiger partial charge in [0.25, 0.3) is 0 Å². The summed E-state index contributed by atoms with van der Waals surface area (Å²) in [6, 6.07) is 10.2. The molecular formula is C18H16N4O6. The van der Waals surface area contributed by atoms with Crippen molar-refractivity contribution < 1.29 is 29.9 Å². The monoisotopic (exact) mass is 384 g/mol. The third-order valence-corrected chi connectivity index (χ3v) is 3.29. The second-order valence-corrected chi connectivity index (χ2v) is 5.30. The van der Waals surface area contributed by atoms with Crippen molar-refractivity contribution in [1.82, 2.24) is 15.2 Å².